The van der Waals surface area contributed by atoms with Crippen LogP contribution in [0.15, 0.2) is 36.0 Å². The van der Waals surface area contributed by atoms with Gasteiger partial charge in [0.1, 0.15) is 11.5 Å². The Morgan fingerprint density at radius 3 is 2.57 bits per heavy atom. The average molecular weight is 308 g/mol. The van der Waals surface area contributed by atoms with Crippen molar-refractivity contribution < 1.29 is 31.9 Å². The summed E-state index contributed by atoms with van der Waals surface area (Å²) in [6, 6.07) is 4.00. The van der Waals surface area contributed by atoms with E-state index in [4.69, 9.17) is 0 Å². The summed E-state index contributed by atoms with van der Waals surface area (Å²) in [5.74, 6) is -2.07. The second-order valence-corrected chi connectivity index (χ2v) is 4.36. The highest BCUT2D eigenvalue weighted by molar-refractivity contribution is 5.94. The second-order valence-electron chi connectivity index (χ2n) is 4.36. The number of hydrogen-bond donors (Lipinski definition) is 2. The van der Waals surface area contributed by atoms with Crippen LogP contribution in [0.4, 0.5) is 22.0 Å². The minimum Gasteiger partial charge on any atom is -0.364 e. The van der Waals surface area contributed by atoms with Crippen molar-refractivity contribution in [3.63, 3.8) is 0 Å². The van der Waals surface area contributed by atoms with Gasteiger partial charge >= 0.3 is 0 Å². The molecule has 4 nitrogen and oxygen atoms in total. The lowest BCUT2D eigenvalue weighted by Crippen LogP contribution is -2.55. The number of benzene rings is 1. The molecule has 21 heavy (non-hydrogen) atoms. The summed E-state index contributed by atoms with van der Waals surface area (Å²) in [4.78, 5) is 12.0. The molecule has 1 aliphatic rings. The third kappa shape index (κ3) is 2.68. The Kier molecular flexibility index (Phi) is 3.86. The van der Waals surface area contributed by atoms with Crippen LogP contribution in [0.2, 0.25) is 0 Å². The normalized spacial score (nSPS) is 21.7. The van der Waals surface area contributed by atoms with Gasteiger partial charge in [0.2, 0.25) is 5.72 Å². The van der Waals surface area contributed by atoms with E-state index < -0.39 is 42.1 Å². The molecule has 2 N–H and O–H groups in total. The standard InChI is InChI=1S/C12H9F5N2O2/c13-7-3-1-2-6(4-7)10(20)19-12(21,11(16)17)5-8(18-19)9(14)15/h1-4,11,18,21H,5H2. The Hall–Kier alpha value is -2.16. The Balaban J connectivity index is 2.40. The van der Waals surface area contributed by atoms with Gasteiger partial charge in [0.25, 0.3) is 18.4 Å². The number of rotatable bonds is 2. The van der Waals surface area contributed by atoms with Crippen molar-refractivity contribution in [3.05, 3.63) is 47.4 Å². The first-order chi connectivity index (χ1) is 9.75. The number of carbonyl (C=O) groups is 1. The Bertz CT molecular complexity index is 603. The van der Waals surface area contributed by atoms with E-state index in [2.05, 4.69) is 0 Å². The van der Waals surface area contributed by atoms with Crippen LogP contribution in [-0.2, 0) is 0 Å². The first-order valence-electron chi connectivity index (χ1n) is 5.67. The SMILES string of the molecule is O=C(c1cccc(F)c1)N1NC(=C(F)F)CC1(O)C(F)F. The van der Waals surface area contributed by atoms with Crippen molar-refractivity contribution in [1.29, 1.82) is 0 Å². The number of hydrogen-bond acceptors (Lipinski definition) is 3. The molecule has 1 fully saturated rings. The summed E-state index contributed by atoms with van der Waals surface area (Å²) in [6.45, 7) is 0. The maximum atomic E-state index is 13.0. The van der Waals surface area contributed by atoms with Gasteiger partial charge in [-0.25, -0.2) is 18.2 Å². The number of nitrogens with zero attached hydrogens (tertiary/aromatic N) is 1. The highest BCUT2D eigenvalue weighted by Crippen LogP contribution is 2.35. The van der Waals surface area contributed by atoms with Crippen LogP contribution in [-0.4, -0.2) is 28.2 Å². The Labute approximate surface area is 115 Å². The summed E-state index contributed by atoms with van der Waals surface area (Å²) in [6.07, 6.45) is -6.99. The fourth-order valence-electron chi connectivity index (χ4n) is 1.87. The maximum Gasteiger partial charge on any atom is 0.291 e. The molecular weight excluding hydrogens is 299 g/mol. The van der Waals surface area contributed by atoms with Crippen LogP contribution in [0, 0.1) is 5.82 Å². The van der Waals surface area contributed by atoms with Gasteiger partial charge in [-0.3, -0.25) is 10.2 Å². The van der Waals surface area contributed by atoms with Gasteiger partial charge in [-0.15, -0.1) is 0 Å². The van der Waals surface area contributed by atoms with Crippen molar-refractivity contribution in [2.45, 2.75) is 18.6 Å². The van der Waals surface area contributed by atoms with E-state index in [9.17, 15) is 31.9 Å². The van der Waals surface area contributed by atoms with Crippen LogP contribution >= 0.6 is 0 Å². The smallest absolute Gasteiger partial charge is 0.291 e. The van der Waals surface area contributed by atoms with E-state index in [-0.39, 0.29) is 10.6 Å². The monoisotopic (exact) mass is 308 g/mol. The lowest BCUT2D eigenvalue weighted by atomic mass is 10.1. The molecule has 1 unspecified atom stereocenters. The molecule has 0 spiro atoms. The van der Waals surface area contributed by atoms with Crippen LogP contribution in [0.5, 0.6) is 0 Å². The number of nitrogens with one attached hydrogen (secondary N) is 1. The van der Waals surface area contributed by atoms with Gasteiger partial charge in [-0.2, -0.15) is 8.78 Å². The molecular formula is C12H9F5N2O2. The molecule has 9 heteroatoms. The molecule has 0 saturated carbocycles. The molecule has 0 radical (unpaired) electrons. The number of halogens is 5. The fourth-order valence-corrected chi connectivity index (χ4v) is 1.87. The van der Waals surface area contributed by atoms with Gasteiger partial charge in [0.05, 0.1) is 6.42 Å². The first-order valence-corrected chi connectivity index (χ1v) is 5.67. The maximum absolute atomic E-state index is 13.0. The topological polar surface area (TPSA) is 52.6 Å². The number of carbonyl (C=O) groups excluding carboxylic acids is 1. The van der Waals surface area contributed by atoms with Gasteiger partial charge in [0.15, 0.2) is 0 Å². The summed E-state index contributed by atoms with van der Waals surface area (Å²) in [5.41, 5.74) is -2.77. The molecule has 0 bridgehead atoms. The van der Waals surface area contributed by atoms with E-state index in [1.807, 2.05) is 0 Å². The molecule has 1 aromatic carbocycles. The lowest BCUT2D eigenvalue weighted by molar-refractivity contribution is -0.168. The lowest BCUT2D eigenvalue weighted by Gasteiger charge is -2.31. The number of amides is 1. The molecule has 1 saturated heterocycles. The van der Waals surface area contributed by atoms with Crippen molar-refractivity contribution in [1.82, 2.24) is 10.4 Å². The van der Waals surface area contributed by atoms with Gasteiger partial charge in [0, 0.05) is 5.56 Å². The average Bonchev–Trinajstić information content (AvgIpc) is 2.77. The second kappa shape index (κ2) is 5.32. The first kappa shape index (κ1) is 15.2. The van der Waals surface area contributed by atoms with Gasteiger partial charge in [-0.1, -0.05) is 6.07 Å². The Morgan fingerprint density at radius 1 is 1.38 bits per heavy atom. The van der Waals surface area contributed by atoms with Crippen LogP contribution in [0.25, 0.3) is 0 Å². The molecule has 0 aromatic heterocycles. The van der Waals surface area contributed by atoms with E-state index >= 15 is 0 Å². The highest BCUT2D eigenvalue weighted by Gasteiger charge is 2.53. The zero-order valence-electron chi connectivity index (χ0n) is 10.3. The summed E-state index contributed by atoms with van der Waals surface area (Å²) < 4.78 is 63.9. The Morgan fingerprint density at radius 2 is 2.05 bits per heavy atom. The minimum atomic E-state index is -3.50. The number of alkyl halides is 2. The van der Waals surface area contributed by atoms with E-state index in [1.165, 1.54) is 0 Å². The van der Waals surface area contributed by atoms with Gasteiger partial charge < -0.3 is 5.11 Å². The van der Waals surface area contributed by atoms with E-state index in [0.717, 1.165) is 24.3 Å². The molecule has 1 atom stereocenters. The largest absolute Gasteiger partial charge is 0.364 e. The highest BCUT2D eigenvalue weighted by atomic mass is 19.3. The summed E-state index contributed by atoms with van der Waals surface area (Å²) >= 11 is 0. The number of hydrazine groups is 1. The summed E-state index contributed by atoms with van der Waals surface area (Å²) in [5, 5.41) is 9.77. The third-order valence-corrected chi connectivity index (χ3v) is 2.92. The van der Waals surface area contributed by atoms with Crippen LogP contribution in [0.1, 0.15) is 16.8 Å². The molecule has 1 amide bonds. The zero-order chi connectivity index (χ0) is 15.8. The molecule has 1 heterocycles. The molecule has 2 rings (SSSR count). The molecule has 1 aromatic rings. The molecule has 114 valence electrons. The van der Waals surface area contributed by atoms with Crippen molar-refractivity contribution in [2.24, 2.45) is 0 Å². The molecule has 1 aliphatic heterocycles. The van der Waals surface area contributed by atoms with Crippen molar-refractivity contribution in [2.75, 3.05) is 0 Å². The fraction of sp³-hybridized carbons (Fsp3) is 0.250. The van der Waals surface area contributed by atoms with Crippen LogP contribution in [0.3, 0.4) is 0 Å². The predicted octanol–water partition coefficient (Wildman–Crippen LogP) is 2.24. The van der Waals surface area contributed by atoms with Gasteiger partial charge in [-0.05, 0) is 18.2 Å². The van der Waals surface area contributed by atoms with Crippen molar-refractivity contribution >= 4 is 5.91 Å². The van der Waals surface area contributed by atoms with E-state index in [0.29, 0.717) is 0 Å². The predicted molar refractivity (Wildman–Crippen MR) is 60.5 cm³/mol. The van der Waals surface area contributed by atoms with Crippen LogP contribution < -0.4 is 5.43 Å². The summed E-state index contributed by atoms with van der Waals surface area (Å²) in [7, 11) is 0. The molecule has 0 aliphatic carbocycles. The van der Waals surface area contributed by atoms with E-state index in [1.54, 1.807) is 5.43 Å². The minimum absolute atomic E-state index is 0.0130. The van der Waals surface area contributed by atoms with Crippen molar-refractivity contribution in [3.8, 4) is 0 Å². The quantitative estimate of drug-likeness (QED) is 0.824. The zero-order valence-corrected chi connectivity index (χ0v) is 10.3. The third-order valence-electron chi connectivity index (χ3n) is 2.92. The number of aliphatic hydroxyl groups is 1.